The standard InChI is InChI=1S/C33H31Cl3N2O7/c34-25-2-1-3-26(35)28(25)29-24(30(45-38-29)16-4-5-16)14-44-19-7-9-21(27(36)11-19)23-12-22(23)20-8-6-17(31(40)41)10-18(20)13-33(37,15-39)32(42)43/h1-3,6-11,16,22-23,32,39,42-43H,4-5,12-15,37H2,(H,40,41). The molecule has 0 amide bonds. The Balaban J connectivity index is 1.22. The Morgan fingerprint density at radius 3 is 2.33 bits per heavy atom. The van der Waals surface area contributed by atoms with Crippen molar-refractivity contribution in [1.29, 1.82) is 0 Å². The summed E-state index contributed by atoms with van der Waals surface area (Å²) in [5, 5.41) is 44.7. The van der Waals surface area contributed by atoms with E-state index in [1.165, 1.54) is 12.1 Å². The number of carbonyl (C=O) groups is 1. The number of benzene rings is 3. The van der Waals surface area contributed by atoms with Gasteiger partial charge in [0.2, 0.25) is 0 Å². The molecule has 1 heterocycles. The quantitative estimate of drug-likeness (QED) is 0.109. The molecular formula is C33H31Cl3N2O7. The fourth-order valence-electron chi connectivity index (χ4n) is 5.82. The lowest BCUT2D eigenvalue weighted by molar-refractivity contribution is -0.110. The molecule has 9 nitrogen and oxygen atoms in total. The number of hydrogen-bond acceptors (Lipinski definition) is 8. The van der Waals surface area contributed by atoms with Gasteiger partial charge in [0.15, 0.2) is 6.29 Å². The minimum absolute atomic E-state index is 0.00748. The van der Waals surface area contributed by atoms with E-state index in [2.05, 4.69) is 5.16 Å². The second-order valence-corrected chi connectivity index (χ2v) is 13.0. The number of ether oxygens (including phenoxy) is 1. The van der Waals surface area contributed by atoms with Crippen molar-refractivity contribution in [2.45, 2.75) is 61.9 Å². The van der Waals surface area contributed by atoms with Crippen LogP contribution in [0.3, 0.4) is 0 Å². The van der Waals surface area contributed by atoms with E-state index in [0.29, 0.717) is 37.6 Å². The molecule has 6 N–H and O–H groups in total. The molecule has 3 aromatic carbocycles. The number of carboxylic acid groups (broad SMARTS) is 1. The van der Waals surface area contributed by atoms with E-state index in [4.69, 9.17) is 49.8 Å². The smallest absolute Gasteiger partial charge is 0.335 e. The summed E-state index contributed by atoms with van der Waals surface area (Å²) in [5.74, 6) is 0.509. The van der Waals surface area contributed by atoms with Crippen LogP contribution in [0.25, 0.3) is 11.3 Å². The van der Waals surface area contributed by atoms with Crippen molar-refractivity contribution >= 4 is 40.8 Å². The van der Waals surface area contributed by atoms with E-state index in [9.17, 15) is 25.2 Å². The van der Waals surface area contributed by atoms with Crippen LogP contribution in [0.2, 0.25) is 15.1 Å². The summed E-state index contributed by atoms with van der Waals surface area (Å²) in [6.45, 7) is -0.525. The Labute approximate surface area is 274 Å². The summed E-state index contributed by atoms with van der Waals surface area (Å²) in [5.41, 5.74) is 8.53. The molecule has 4 aromatic rings. The van der Waals surface area contributed by atoms with Crippen molar-refractivity contribution in [2.75, 3.05) is 6.61 Å². The largest absolute Gasteiger partial charge is 0.489 e. The number of hydrogen-bond donors (Lipinski definition) is 5. The topological polar surface area (TPSA) is 159 Å². The van der Waals surface area contributed by atoms with Crippen molar-refractivity contribution in [3.63, 3.8) is 0 Å². The van der Waals surface area contributed by atoms with E-state index in [1.54, 1.807) is 30.3 Å². The van der Waals surface area contributed by atoms with Crippen LogP contribution in [0.1, 0.15) is 75.4 Å². The molecule has 6 rings (SSSR count). The van der Waals surface area contributed by atoms with Crippen LogP contribution >= 0.6 is 34.8 Å². The van der Waals surface area contributed by atoms with Crippen LogP contribution in [-0.2, 0) is 13.0 Å². The third-order valence-electron chi connectivity index (χ3n) is 8.63. The highest BCUT2D eigenvalue weighted by Crippen LogP contribution is 2.57. The van der Waals surface area contributed by atoms with E-state index in [0.717, 1.165) is 41.7 Å². The number of aromatic nitrogens is 1. The molecule has 2 fully saturated rings. The second kappa shape index (κ2) is 12.6. The van der Waals surface area contributed by atoms with E-state index < -0.39 is 24.4 Å². The molecule has 0 bridgehead atoms. The number of halogens is 3. The van der Waals surface area contributed by atoms with Gasteiger partial charge in [0.25, 0.3) is 0 Å². The summed E-state index contributed by atoms with van der Waals surface area (Å²) >= 11 is 19.7. The van der Waals surface area contributed by atoms with Crippen LogP contribution in [0.15, 0.2) is 59.1 Å². The van der Waals surface area contributed by atoms with Gasteiger partial charge in [-0.25, -0.2) is 4.79 Å². The maximum Gasteiger partial charge on any atom is 0.335 e. The molecule has 2 aliphatic rings. The van der Waals surface area contributed by atoms with Gasteiger partial charge >= 0.3 is 5.97 Å². The number of aliphatic hydroxyl groups is 3. The van der Waals surface area contributed by atoms with Crippen LogP contribution in [0.4, 0.5) is 0 Å². The van der Waals surface area contributed by atoms with Gasteiger partial charge < -0.3 is 35.4 Å². The normalized spacial score (nSPS) is 19.0. The average molecular weight is 674 g/mol. The summed E-state index contributed by atoms with van der Waals surface area (Å²) in [6, 6.07) is 15.5. The second-order valence-electron chi connectivity index (χ2n) is 11.8. The number of nitrogens with two attached hydrogens (primary N) is 1. The molecule has 0 saturated heterocycles. The van der Waals surface area contributed by atoms with Crippen LogP contribution < -0.4 is 10.5 Å². The first-order chi connectivity index (χ1) is 21.5. The predicted octanol–water partition coefficient (Wildman–Crippen LogP) is 6.27. The Morgan fingerprint density at radius 2 is 1.71 bits per heavy atom. The zero-order valence-electron chi connectivity index (χ0n) is 23.9. The summed E-state index contributed by atoms with van der Waals surface area (Å²) in [6.07, 6.45) is 0.625. The van der Waals surface area contributed by atoms with Crippen molar-refractivity contribution in [1.82, 2.24) is 5.16 Å². The zero-order chi connectivity index (χ0) is 32.0. The molecular weight excluding hydrogens is 643 g/mol. The summed E-state index contributed by atoms with van der Waals surface area (Å²) in [4.78, 5) is 11.7. The number of aromatic carboxylic acids is 1. The monoisotopic (exact) mass is 672 g/mol. The third-order valence-corrected chi connectivity index (χ3v) is 9.59. The molecule has 45 heavy (non-hydrogen) atoms. The minimum Gasteiger partial charge on any atom is -0.489 e. The first-order valence-corrected chi connectivity index (χ1v) is 15.6. The average Bonchev–Trinajstić information content (AvgIpc) is 3.94. The van der Waals surface area contributed by atoms with Gasteiger partial charge in [0, 0.05) is 16.5 Å². The molecule has 236 valence electrons. The lowest BCUT2D eigenvalue weighted by Gasteiger charge is -2.30. The highest BCUT2D eigenvalue weighted by molar-refractivity contribution is 6.39. The lowest BCUT2D eigenvalue weighted by Crippen LogP contribution is -2.55. The van der Waals surface area contributed by atoms with Gasteiger partial charge in [-0.15, -0.1) is 0 Å². The molecule has 3 unspecified atom stereocenters. The van der Waals surface area contributed by atoms with Gasteiger partial charge in [-0.3, -0.25) is 0 Å². The van der Waals surface area contributed by atoms with Crippen LogP contribution in [0.5, 0.6) is 5.75 Å². The minimum atomic E-state index is -2.00. The van der Waals surface area contributed by atoms with E-state index in [-0.39, 0.29) is 36.3 Å². The maximum absolute atomic E-state index is 11.7. The Kier molecular flexibility index (Phi) is 8.88. The Morgan fingerprint density at radius 1 is 1.02 bits per heavy atom. The SMILES string of the molecule is NC(CO)(Cc1cc(C(=O)O)ccc1C1CC1c1ccc(OCc2c(-c3c(Cl)cccc3Cl)noc2C2CC2)cc1Cl)C(O)O. The Hall–Kier alpha value is -3.15. The fraction of sp³-hybridized carbons (Fsp3) is 0.333. The van der Waals surface area contributed by atoms with E-state index in [1.807, 2.05) is 12.1 Å². The summed E-state index contributed by atoms with van der Waals surface area (Å²) < 4.78 is 11.9. The molecule has 0 spiro atoms. The van der Waals surface area contributed by atoms with Crippen LogP contribution in [-0.4, -0.2) is 50.0 Å². The maximum atomic E-state index is 11.7. The van der Waals surface area contributed by atoms with E-state index >= 15 is 0 Å². The molecule has 0 aliphatic heterocycles. The molecule has 0 radical (unpaired) electrons. The van der Waals surface area contributed by atoms with Gasteiger partial charge in [-0.05, 0) is 90.6 Å². The van der Waals surface area contributed by atoms with Gasteiger partial charge in [-0.2, -0.15) is 0 Å². The molecule has 2 aliphatic carbocycles. The fourth-order valence-corrected chi connectivity index (χ4v) is 6.71. The van der Waals surface area contributed by atoms with Gasteiger partial charge in [0.1, 0.15) is 23.8 Å². The van der Waals surface area contributed by atoms with Crippen LogP contribution in [0, 0.1) is 0 Å². The Bertz CT molecular complexity index is 1740. The third kappa shape index (κ3) is 6.44. The predicted molar refractivity (Wildman–Crippen MR) is 169 cm³/mol. The lowest BCUT2D eigenvalue weighted by atomic mass is 9.86. The van der Waals surface area contributed by atoms with Crippen molar-refractivity contribution in [3.05, 3.63) is 103 Å². The first-order valence-electron chi connectivity index (χ1n) is 14.5. The number of rotatable bonds is 12. The highest BCUT2D eigenvalue weighted by Gasteiger charge is 2.43. The highest BCUT2D eigenvalue weighted by atomic mass is 35.5. The molecule has 12 heteroatoms. The zero-order valence-corrected chi connectivity index (χ0v) is 26.2. The molecule has 1 aromatic heterocycles. The number of carboxylic acids is 1. The van der Waals surface area contributed by atoms with Crippen molar-refractivity contribution in [3.8, 4) is 17.0 Å². The first kappa shape index (κ1) is 31.8. The van der Waals surface area contributed by atoms with Gasteiger partial charge in [-0.1, -0.05) is 58.2 Å². The van der Waals surface area contributed by atoms with Gasteiger partial charge in [0.05, 0.1) is 33.3 Å². The molecule has 2 saturated carbocycles. The van der Waals surface area contributed by atoms with Crippen molar-refractivity contribution < 1.29 is 34.5 Å². The summed E-state index contributed by atoms with van der Waals surface area (Å²) in [7, 11) is 0. The number of aliphatic hydroxyl groups excluding tert-OH is 2. The molecule has 3 atom stereocenters. The number of nitrogens with zero attached hydrogens (tertiary/aromatic N) is 1. The van der Waals surface area contributed by atoms with Crippen molar-refractivity contribution in [2.24, 2.45) is 5.73 Å².